The molecular formula is C12H13N3O2S. The number of hydrogen-bond donors (Lipinski definition) is 1. The second-order valence-corrected chi connectivity index (χ2v) is 4.49. The molecule has 1 N–H and O–H groups in total. The van der Waals surface area contributed by atoms with Crippen molar-refractivity contribution in [2.75, 3.05) is 12.5 Å². The third-order valence-electron chi connectivity index (χ3n) is 2.40. The van der Waals surface area contributed by atoms with Gasteiger partial charge in [0.05, 0.1) is 24.7 Å². The number of nitrogens with one attached hydrogen (secondary N) is 1. The number of rotatable bonds is 4. The summed E-state index contributed by atoms with van der Waals surface area (Å²) >= 11 is 1.32. The van der Waals surface area contributed by atoms with Crippen molar-refractivity contribution in [2.24, 2.45) is 12.1 Å². The largest absolute Gasteiger partial charge is 0.465 e. The first-order valence-corrected chi connectivity index (χ1v) is 6.16. The van der Waals surface area contributed by atoms with Crippen LogP contribution < -0.4 is 5.43 Å². The number of aryl methyl sites for hydroxylation is 1. The van der Waals surface area contributed by atoms with Gasteiger partial charge in [-0.05, 0) is 23.6 Å². The van der Waals surface area contributed by atoms with Gasteiger partial charge in [0.2, 0.25) is 0 Å². The maximum atomic E-state index is 11.4. The summed E-state index contributed by atoms with van der Waals surface area (Å²) in [7, 11) is 3.30. The van der Waals surface area contributed by atoms with Gasteiger partial charge in [-0.2, -0.15) is 5.10 Å². The summed E-state index contributed by atoms with van der Waals surface area (Å²) in [6.45, 7) is 0. The van der Waals surface area contributed by atoms with E-state index in [1.807, 2.05) is 35.3 Å². The molecule has 0 amide bonds. The first kappa shape index (κ1) is 12.4. The number of methoxy groups -OCH3 is 1. The van der Waals surface area contributed by atoms with E-state index in [0.717, 1.165) is 5.69 Å². The number of aromatic nitrogens is 1. The molecule has 0 aromatic carbocycles. The lowest BCUT2D eigenvalue weighted by Gasteiger charge is -2.01. The number of anilines is 1. The van der Waals surface area contributed by atoms with Crippen LogP contribution in [-0.2, 0) is 11.8 Å². The molecule has 94 valence electrons. The summed E-state index contributed by atoms with van der Waals surface area (Å²) in [4.78, 5) is 11.9. The Morgan fingerprint density at radius 1 is 1.56 bits per heavy atom. The molecule has 0 fully saturated rings. The highest BCUT2D eigenvalue weighted by molar-refractivity contribution is 7.12. The lowest BCUT2D eigenvalue weighted by molar-refractivity contribution is 0.0607. The van der Waals surface area contributed by atoms with Gasteiger partial charge in [-0.15, -0.1) is 11.3 Å². The van der Waals surface area contributed by atoms with Crippen molar-refractivity contribution in [3.05, 3.63) is 40.3 Å². The molecule has 2 rings (SSSR count). The minimum atomic E-state index is -0.360. The van der Waals surface area contributed by atoms with Crippen molar-refractivity contribution in [3.63, 3.8) is 0 Å². The van der Waals surface area contributed by atoms with Crippen LogP contribution in [0.2, 0.25) is 0 Å². The van der Waals surface area contributed by atoms with Gasteiger partial charge >= 0.3 is 5.97 Å². The van der Waals surface area contributed by atoms with Crippen LogP contribution in [0, 0.1) is 0 Å². The van der Waals surface area contributed by atoms with Gasteiger partial charge in [0.25, 0.3) is 0 Å². The molecule has 0 bridgehead atoms. The van der Waals surface area contributed by atoms with E-state index in [-0.39, 0.29) is 5.97 Å². The Morgan fingerprint density at radius 3 is 3.06 bits per heavy atom. The number of carbonyl (C=O) groups excluding carboxylic acids is 1. The second kappa shape index (κ2) is 5.50. The average Bonchev–Trinajstić information content (AvgIpc) is 2.98. The summed E-state index contributed by atoms with van der Waals surface area (Å²) < 4.78 is 6.63. The average molecular weight is 263 g/mol. The van der Waals surface area contributed by atoms with Crippen molar-refractivity contribution >= 4 is 29.2 Å². The number of hydrazone groups is 1. The van der Waals surface area contributed by atoms with E-state index in [1.54, 1.807) is 12.3 Å². The fraction of sp³-hybridized carbons (Fsp3) is 0.167. The Kier molecular flexibility index (Phi) is 3.78. The molecule has 0 saturated heterocycles. The summed E-state index contributed by atoms with van der Waals surface area (Å²) in [6.07, 6.45) is 3.63. The number of thiophene rings is 1. The Bertz CT molecular complexity index is 571. The van der Waals surface area contributed by atoms with Crippen LogP contribution in [0.3, 0.4) is 0 Å². The minimum absolute atomic E-state index is 0.360. The third kappa shape index (κ3) is 2.60. The molecule has 0 saturated carbocycles. The van der Waals surface area contributed by atoms with Gasteiger partial charge in [0, 0.05) is 13.2 Å². The maximum Gasteiger partial charge on any atom is 0.350 e. The Balaban J connectivity index is 2.07. The van der Waals surface area contributed by atoms with Crippen LogP contribution in [-0.4, -0.2) is 23.9 Å². The molecule has 0 radical (unpaired) electrons. The highest BCUT2D eigenvalue weighted by atomic mass is 32.1. The van der Waals surface area contributed by atoms with Gasteiger partial charge in [0.15, 0.2) is 0 Å². The molecule has 5 nitrogen and oxygen atoms in total. The zero-order valence-corrected chi connectivity index (χ0v) is 10.9. The summed E-state index contributed by atoms with van der Waals surface area (Å²) in [6, 6.07) is 5.67. The third-order valence-corrected chi connectivity index (χ3v) is 3.30. The highest BCUT2D eigenvalue weighted by Gasteiger charge is 2.12. The van der Waals surface area contributed by atoms with E-state index in [1.165, 1.54) is 18.4 Å². The zero-order chi connectivity index (χ0) is 13.0. The van der Waals surface area contributed by atoms with Crippen LogP contribution in [0.1, 0.15) is 15.4 Å². The van der Waals surface area contributed by atoms with Crippen LogP contribution in [0.5, 0.6) is 0 Å². The summed E-state index contributed by atoms with van der Waals surface area (Å²) in [5.74, 6) is -0.360. The first-order valence-electron chi connectivity index (χ1n) is 5.28. The highest BCUT2D eigenvalue weighted by Crippen LogP contribution is 2.22. The van der Waals surface area contributed by atoms with Crippen molar-refractivity contribution in [1.29, 1.82) is 0 Å². The fourth-order valence-corrected chi connectivity index (χ4v) is 2.18. The monoisotopic (exact) mass is 263 g/mol. The lowest BCUT2D eigenvalue weighted by Crippen LogP contribution is -2.02. The first-order chi connectivity index (χ1) is 8.72. The van der Waals surface area contributed by atoms with Gasteiger partial charge in [-0.25, -0.2) is 4.79 Å². The summed E-state index contributed by atoms with van der Waals surface area (Å²) in [5, 5.41) is 5.91. The lowest BCUT2D eigenvalue weighted by atomic mass is 10.4. The van der Waals surface area contributed by atoms with Crippen molar-refractivity contribution in [1.82, 2.24) is 4.57 Å². The topological polar surface area (TPSA) is 55.6 Å². The van der Waals surface area contributed by atoms with E-state index in [9.17, 15) is 4.79 Å². The second-order valence-electron chi connectivity index (χ2n) is 3.57. The normalized spacial score (nSPS) is 10.8. The quantitative estimate of drug-likeness (QED) is 0.523. The Morgan fingerprint density at radius 2 is 2.39 bits per heavy atom. The van der Waals surface area contributed by atoms with E-state index in [0.29, 0.717) is 10.6 Å². The van der Waals surface area contributed by atoms with Crippen molar-refractivity contribution in [3.8, 4) is 0 Å². The van der Waals surface area contributed by atoms with Crippen LogP contribution in [0.25, 0.3) is 0 Å². The van der Waals surface area contributed by atoms with Gasteiger partial charge < -0.3 is 9.30 Å². The van der Waals surface area contributed by atoms with E-state index in [4.69, 9.17) is 0 Å². The Labute approximate surface area is 109 Å². The molecule has 2 heterocycles. The maximum absolute atomic E-state index is 11.4. The van der Waals surface area contributed by atoms with Crippen LogP contribution in [0.4, 0.5) is 5.69 Å². The molecule has 0 aliphatic carbocycles. The predicted molar refractivity (Wildman–Crippen MR) is 72.3 cm³/mol. The van der Waals surface area contributed by atoms with Crippen molar-refractivity contribution < 1.29 is 9.53 Å². The molecule has 18 heavy (non-hydrogen) atoms. The number of carbonyl (C=O) groups is 1. The van der Waals surface area contributed by atoms with E-state index >= 15 is 0 Å². The number of esters is 1. The fourth-order valence-electron chi connectivity index (χ4n) is 1.42. The zero-order valence-electron chi connectivity index (χ0n) is 10.1. The van der Waals surface area contributed by atoms with Gasteiger partial charge in [-0.3, -0.25) is 5.43 Å². The molecule has 2 aromatic heterocycles. The Hall–Kier alpha value is -2.08. The number of nitrogens with zero attached hydrogens (tertiary/aromatic N) is 2. The van der Waals surface area contributed by atoms with E-state index in [2.05, 4.69) is 15.3 Å². The minimum Gasteiger partial charge on any atom is -0.465 e. The standard InChI is InChI=1S/C12H13N3O2S/c1-15-6-3-4-9(15)8-13-14-10-5-7-18-11(10)12(16)17-2/h3-8,14H,1-2H3/b13-8+. The number of ether oxygens (including phenoxy) is 1. The van der Waals surface area contributed by atoms with Crippen molar-refractivity contribution in [2.45, 2.75) is 0 Å². The molecule has 0 atom stereocenters. The predicted octanol–water partition coefficient (Wildman–Crippen LogP) is 2.32. The summed E-state index contributed by atoms with van der Waals surface area (Å²) in [5.41, 5.74) is 4.46. The molecule has 6 heteroatoms. The molecular weight excluding hydrogens is 250 g/mol. The molecule has 0 spiro atoms. The molecule has 0 aliphatic heterocycles. The van der Waals surface area contributed by atoms with Gasteiger partial charge in [-0.1, -0.05) is 0 Å². The molecule has 2 aromatic rings. The smallest absolute Gasteiger partial charge is 0.350 e. The van der Waals surface area contributed by atoms with Crippen LogP contribution in [0.15, 0.2) is 34.9 Å². The van der Waals surface area contributed by atoms with Gasteiger partial charge in [0.1, 0.15) is 4.88 Å². The number of hydrogen-bond acceptors (Lipinski definition) is 5. The van der Waals surface area contributed by atoms with E-state index < -0.39 is 0 Å². The molecule has 0 aliphatic rings. The molecule has 0 unspecified atom stereocenters. The van der Waals surface area contributed by atoms with Crippen LogP contribution >= 0.6 is 11.3 Å². The SMILES string of the molecule is COC(=O)c1sccc1N/N=C/c1cccn1C.